The maximum absolute atomic E-state index is 12.5. The molecule has 5 heteroatoms. The number of rotatable bonds is 3. The van der Waals surface area contributed by atoms with E-state index in [0.29, 0.717) is 24.3 Å². The summed E-state index contributed by atoms with van der Waals surface area (Å²) in [7, 11) is 0. The summed E-state index contributed by atoms with van der Waals surface area (Å²) in [6.45, 7) is 6.79. The Bertz CT molecular complexity index is 545. The van der Waals surface area contributed by atoms with E-state index in [1.165, 1.54) is 0 Å². The third-order valence-electron chi connectivity index (χ3n) is 3.58. The van der Waals surface area contributed by atoms with Crippen molar-refractivity contribution in [1.82, 2.24) is 4.90 Å². The number of nitrogens with zero attached hydrogens (tertiary/aromatic N) is 1. The average Bonchev–Trinajstić information content (AvgIpc) is 2.46. The number of carboxylic acid groups (broad SMARTS) is 1. The second-order valence-corrected chi connectivity index (χ2v) is 6.67. The molecule has 0 aromatic heterocycles. The van der Waals surface area contributed by atoms with Gasteiger partial charge in [0.05, 0.1) is 5.92 Å². The van der Waals surface area contributed by atoms with Crippen LogP contribution in [-0.4, -0.2) is 40.6 Å². The highest BCUT2D eigenvalue weighted by atomic mass is 16.5. The van der Waals surface area contributed by atoms with Crippen LogP contribution in [0.3, 0.4) is 0 Å². The van der Waals surface area contributed by atoms with Crippen LogP contribution in [-0.2, 0) is 4.79 Å². The zero-order valence-electron chi connectivity index (χ0n) is 13.3. The van der Waals surface area contributed by atoms with Crippen molar-refractivity contribution in [3.8, 4) is 5.75 Å². The van der Waals surface area contributed by atoms with E-state index < -0.39 is 11.9 Å². The molecule has 1 saturated heterocycles. The van der Waals surface area contributed by atoms with E-state index in [0.717, 1.165) is 6.42 Å². The van der Waals surface area contributed by atoms with Crippen molar-refractivity contribution in [2.45, 2.75) is 39.2 Å². The lowest BCUT2D eigenvalue weighted by atomic mass is 9.97. The summed E-state index contributed by atoms with van der Waals surface area (Å²) < 4.78 is 5.73. The van der Waals surface area contributed by atoms with Crippen molar-refractivity contribution >= 4 is 11.9 Å². The molecule has 1 aliphatic heterocycles. The van der Waals surface area contributed by atoms with Crippen molar-refractivity contribution in [2.75, 3.05) is 13.1 Å². The summed E-state index contributed by atoms with van der Waals surface area (Å²) in [5.74, 6) is -0.688. The molecule has 0 saturated carbocycles. The number of amides is 1. The summed E-state index contributed by atoms with van der Waals surface area (Å²) in [4.78, 5) is 25.2. The highest BCUT2D eigenvalue weighted by Crippen LogP contribution is 2.22. The van der Waals surface area contributed by atoms with Gasteiger partial charge in [0.1, 0.15) is 11.4 Å². The zero-order valence-corrected chi connectivity index (χ0v) is 13.3. The monoisotopic (exact) mass is 305 g/mol. The van der Waals surface area contributed by atoms with E-state index >= 15 is 0 Å². The number of aliphatic carboxylic acids is 1. The first-order chi connectivity index (χ1) is 10.3. The predicted molar refractivity (Wildman–Crippen MR) is 83.1 cm³/mol. The minimum atomic E-state index is -0.827. The second-order valence-electron chi connectivity index (χ2n) is 6.67. The molecule has 1 heterocycles. The lowest BCUT2D eigenvalue weighted by Crippen LogP contribution is -2.42. The van der Waals surface area contributed by atoms with Crippen molar-refractivity contribution in [2.24, 2.45) is 5.92 Å². The molecular weight excluding hydrogens is 282 g/mol. The number of likely N-dealkylation sites (tertiary alicyclic amines) is 1. The van der Waals surface area contributed by atoms with Crippen LogP contribution in [0.5, 0.6) is 5.75 Å². The Morgan fingerprint density at radius 3 is 2.41 bits per heavy atom. The van der Waals surface area contributed by atoms with Crippen LogP contribution in [0.1, 0.15) is 44.0 Å². The minimum Gasteiger partial charge on any atom is -0.488 e. The number of benzene rings is 1. The molecule has 5 nitrogen and oxygen atoms in total. The standard InChI is InChI=1S/C17H23NO4/c1-17(2,3)22-14-8-6-12(7-9-14)15(19)18-10-4-5-13(11-18)16(20)21/h6-9,13H,4-5,10-11H2,1-3H3,(H,20,21). The van der Waals surface area contributed by atoms with E-state index in [1.54, 1.807) is 29.2 Å². The van der Waals surface area contributed by atoms with Crippen molar-refractivity contribution in [1.29, 1.82) is 0 Å². The first-order valence-electron chi connectivity index (χ1n) is 7.57. The fraction of sp³-hybridized carbons (Fsp3) is 0.529. The fourth-order valence-electron chi connectivity index (χ4n) is 2.56. The second kappa shape index (κ2) is 6.38. The molecule has 1 aliphatic rings. The fourth-order valence-corrected chi connectivity index (χ4v) is 2.56. The van der Waals surface area contributed by atoms with E-state index in [-0.39, 0.29) is 18.1 Å². The number of carbonyl (C=O) groups excluding carboxylic acids is 1. The van der Waals surface area contributed by atoms with E-state index in [9.17, 15) is 9.59 Å². The molecule has 22 heavy (non-hydrogen) atoms. The molecule has 0 aliphatic carbocycles. The topological polar surface area (TPSA) is 66.8 Å². The molecule has 1 amide bonds. The normalized spacial score (nSPS) is 18.9. The molecule has 1 aromatic rings. The van der Waals surface area contributed by atoms with Gasteiger partial charge >= 0.3 is 5.97 Å². The van der Waals surface area contributed by atoms with Gasteiger partial charge in [0.15, 0.2) is 0 Å². The Labute approximate surface area is 130 Å². The minimum absolute atomic E-state index is 0.117. The van der Waals surface area contributed by atoms with Crippen LogP contribution in [0.15, 0.2) is 24.3 Å². The molecule has 2 rings (SSSR count). The van der Waals surface area contributed by atoms with Crippen LogP contribution < -0.4 is 4.74 Å². The molecule has 0 spiro atoms. The number of ether oxygens (including phenoxy) is 1. The quantitative estimate of drug-likeness (QED) is 0.932. The summed E-state index contributed by atoms with van der Waals surface area (Å²) in [6, 6.07) is 7.01. The van der Waals surface area contributed by atoms with Gasteiger partial charge in [0.2, 0.25) is 0 Å². The number of hydrogen-bond acceptors (Lipinski definition) is 3. The number of hydrogen-bond donors (Lipinski definition) is 1. The van der Waals surface area contributed by atoms with Crippen molar-refractivity contribution in [3.05, 3.63) is 29.8 Å². The van der Waals surface area contributed by atoms with E-state index in [4.69, 9.17) is 9.84 Å². The largest absolute Gasteiger partial charge is 0.488 e. The Morgan fingerprint density at radius 1 is 1.23 bits per heavy atom. The highest BCUT2D eigenvalue weighted by Gasteiger charge is 2.28. The Kier molecular flexibility index (Phi) is 4.74. The summed E-state index contributed by atoms with van der Waals surface area (Å²) in [5, 5.41) is 9.10. The molecule has 1 N–H and O–H groups in total. The lowest BCUT2D eigenvalue weighted by molar-refractivity contribution is -0.143. The van der Waals surface area contributed by atoms with Gasteiger partial charge in [0.25, 0.3) is 5.91 Å². The van der Waals surface area contributed by atoms with Crippen LogP contribution in [0.4, 0.5) is 0 Å². The van der Waals surface area contributed by atoms with Crippen LogP contribution >= 0.6 is 0 Å². The van der Waals surface area contributed by atoms with Crippen LogP contribution in [0.2, 0.25) is 0 Å². The van der Waals surface area contributed by atoms with E-state index in [1.807, 2.05) is 20.8 Å². The molecule has 1 aromatic carbocycles. The molecule has 1 atom stereocenters. The molecular formula is C17H23NO4. The van der Waals surface area contributed by atoms with Crippen molar-refractivity contribution < 1.29 is 19.4 Å². The number of carboxylic acids is 1. The lowest BCUT2D eigenvalue weighted by Gasteiger charge is -2.30. The molecule has 0 radical (unpaired) electrons. The first kappa shape index (κ1) is 16.3. The van der Waals surface area contributed by atoms with Gasteiger partial charge in [0, 0.05) is 18.7 Å². The highest BCUT2D eigenvalue weighted by molar-refractivity contribution is 5.94. The maximum Gasteiger partial charge on any atom is 0.308 e. The zero-order chi connectivity index (χ0) is 16.3. The van der Waals surface area contributed by atoms with Crippen LogP contribution in [0.25, 0.3) is 0 Å². The van der Waals surface area contributed by atoms with Gasteiger partial charge in [-0.15, -0.1) is 0 Å². The van der Waals surface area contributed by atoms with Crippen molar-refractivity contribution in [3.63, 3.8) is 0 Å². The molecule has 0 bridgehead atoms. The Hall–Kier alpha value is -2.04. The summed E-state index contributed by atoms with van der Waals surface area (Å²) >= 11 is 0. The van der Waals surface area contributed by atoms with Gasteiger partial charge in [-0.05, 0) is 57.9 Å². The summed E-state index contributed by atoms with van der Waals surface area (Å²) in [6.07, 6.45) is 1.37. The third-order valence-corrected chi connectivity index (χ3v) is 3.58. The molecule has 120 valence electrons. The van der Waals surface area contributed by atoms with Gasteiger partial charge < -0.3 is 14.7 Å². The smallest absolute Gasteiger partial charge is 0.308 e. The number of piperidine rings is 1. The van der Waals surface area contributed by atoms with Gasteiger partial charge in [-0.25, -0.2) is 0 Å². The van der Waals surface area contributed by atoms with Crippen LogP contribution in [0, 0.1) is 5.92 Å². The van der Waals surface area contributed by atoms with Gasteiger partial charge in [-0.1, -0.05) is 0 Å². The average molecular weight is 305 g/mol. The SMILES string of the molecule is CC(C)(C)Oc1ccc(C(=O)N2CCCC(C(=O)O)C2)cc1. The van der Waals surface area contributed by atoms with Gasteiger partial charge in [-0.3, -0.25) is 9.59 Å². The number of carbonyl (C=O) groups is 2. The Balaban J connectivity index is 2.05. The predicted octanol–water partition coefficient (Wildman–Crippen LogP) is 2.80. The van der Waals surface area contributed by atoms with E-state index in [2.05, 4.69) is 0 Å². The third kappa shape index (κ3) is 4.23. The maximum atomic E-state index is 12.5. The summed E-state index contributed by atoms with van der Waals surface area (Å²) in [5.41, 5.74) is 0.278. The molecule has 1 unspecified atom stereocenters. The van der Waals surface area contributed by atoms with Gasteiger partial charge in [-0.2, -0.15) is 0 Å². The molecule has 1 fully saturated rings. The first-order valence-corrected chi connectivity index (χ1v) is 7.57. The Morgan fingerprint density at radius 2 is 1.86 bits per heavy atom.